The molecule has 0 unspecified atom stereocenters. The predicted octanol–water partition coefficient (Wildman–Crippen LogP) is 1.10. The SMILES string of the molecule is Cl.N[C@@H]1CCCN(Cc2cc(=O)n3ccsc3n2)C1. The summed E-state index contributed by atoms with van der Waals surface area (Å²) in [6.45, 7) is 2.65. The van der Waals surface area contributed by atoms with Gasteiger partial charge in [0.05, 0.1) is 5.69 Å². The van der Waals surface area contributed by atoms with Crippen molar-refractivity contribution in [1.82, 2.24) is 14.3 Å². The summed E-state index contributed by atoms with van der Waals surface area (Å²) in [5.41, 5.74) is 6.80. The number of rotatable bonds is 2. The zero-order valence-electron chi connectivity index (χ0n) is 10.5. The first-order chi connectivity index (χ1) is 8.72. The second kappa shape index (κ2) is 6.00. The molecule has 2 aromatic heterocycles. The maximum atomic E-state index is 11.9. The molecule has 1 saturated heterocycles. The minimum atomic E-state index is -0.00226. The molecule has 1 atom stereocenters. The minimum absolute atomic E-state index is 0. The van der Waals surface area contributed by atoms with Gasteiger partial charge < -0.3 is 5.73 Å². The minimum Gasteiger partial charge on any atom is -0.327 e. The maximum Gasteiger partial charge on any atom is 0.258 e. The smallest absolute Gasteiger partial charge is 0.258 e. The van der Waals surface area contributed by atoms with Gasteiger partial charge in [0.25, 0.3) is 5.56 Å². The average Bonchev–Trinajstić information content (AvgIpc) is 2.77. The third-order valence-electron chi connectivity index (χ3n) is 3.28. The van der Waals surface area contributed by atoms with Crippen molar-refractivity contribution in [2.45, 2.75) is 25.4 Å². The van der Waals surface area contributed by atoms with Crippen molar-refractivity contribution in [3.05, 3.63) is 33.7 Å². The number of nitrogens with zero attached hydrogens (tertiary/aromatic N) is 3. The highest BCUT2D eigenvalue weighted by Gasteiger charge is 2.17. The van der Waals surface area contributed by atoms with Gasteiger partial charge in [-0.2, -0.15) is 0 Å². The number of thiazole rings is 1. The fourth-order valence-corrected chi connectivity index (χ4v) is 3.17. The molecular formula is C12H17ClN4OS. The Morgan fingerprint density at radius 3 is 3.16 bits per heavy atom. The molecule has 0 aliphatic carbocycles. The third-order valence-corrected chi connectivity index (χ3v) is 4.04. The summed E-state index contributed by atoms with van der Waals surface area (Å²) >= 11 is 1.49. The van der Waals surface area contributed by atoms with Gasteiger partial charge in [-0.05, 0) is 19.4 Å². The van der Waals surface area contributed by atoms with Gasteiger partial charge in [-0.1, -0.05) is 0 Å². The van der Waals surface area contributed by atoms with Gasteiger partial charge >= 0.3 is 0 Å². The van der Waals surface area contributed by atoms with E-state index in [1.54, 1.807) is 16.7 Å². The van der Waals surface area contributed by atoms with Gasteiger partial charge in [0.2, 0.25) is 0 Å². The van der Waals surface area contributed by atoms with E-state index in [0.29, 0.717) is 0 Å². The molecule has 1 fully saturated rings. The number of hydrogen-bond acceptors (Lipinski definition) is 5. The molecule has 3 heterocycles. The first-order valence-corrected chi connectivity index (χ1v) is 7.04. The van der Waals surface area contributed by atoms with Crippen LogP contribution >= 0.6 is 23.7 Å². The second-order valence-corrected chi connectivity index (χ2v) is 5.65. The molecule has 5 nitrogen and oxygen atoms in total. The van der Waals surface area contributed by atoms with Crippen LogP contribution in [0.2, 0.25) is 0 Å². The van der Waals surface area contributed by atoms with Crippen molar-refractivity contribution in [1.29, 1.82) is 0 Å². The predicted molar refractivity (Wildman–Crippen MR) is 79.1 cm³/mol. The van der Waals surface area contributed by atoms with Gasteiger partial charge in [-0.15, -0.1) is 23.7 Å². The van der Waals surface area contributed by atoms with E-state index in [2.05, 4.69) is 9.88 Å². The zero-order chi connectivity index (χ0) is 12.5. The normalized spacial score (nSPS) is 20.4. The van der Waals surface area contributed by atoms with E-state index in [1.165, 1.54) is 11.3 Å². The van der Waals surface area contributed by atoms with Crippen molar-refractivity contribution < 1.29 is 0 Å². The Morgan fingerprint density at radius 2 is 2.37 bits per heavy atom. The van der Waals surface area contributed by atoms with E-state index in [1.807, 2.05) is 5.38 Å². The Balaban J connectivity index is 0.00000133. The summed E-state index contributed by atoms with van der Waals surface area (Å²) < 4.78 is 1.58. The molecule has 104 valence electrons. The fourth-order valence-electron chi connectivity index (χ4n) is 2.43. The molecule has 0 aromatic carbocycles. The van der Waals surface area contributed by atoms with Crippen LogP contribution in [0, 0.1) is 0 Å². The summed E-state index contributed by atoms with van der Waals surface area (Å²) in [4.78, 5) is 19.4. The molecule has 2 aromatic rings. The summed E-state index contributed by atoms with van der Waals surface area (Å²) in [6.07, 6.45) is 3.98. The largest absolute Gasteiger partial charge is 0.327 e. The van der Waals surface area contributed by atoms with E-state index in [-0.39, 0.29) is 24.0 Å². The molecule has 7 heteroatoms. The van der Waals surface area contributed by atoms with E-state index >= 15 is 0 Å². The Bertz CT molecular complexity index is 611. The highest BCUT2D eigenvalue weighted by atomic mass is 35.5. The Morgan fingerprint density at radius 1 is 1.53 bits per heavy atom. The van der Waals surface area contributed by atoms with Gasteiger partial charge in [0.1, 0.15) is 0 Å². The number of piperidine rings is 1. The van der Waals surface area contributed by atoms with Crippen molar-refractivity contribution in [2.75, 3.05) is 13.1 Å². The highest BCUT2D eigenvalue weighted by Crippen LogP contribution is 2.12. The summed E-state index contributed by atoms with van der Waals surface area (Å²) in [5.74, 6) is 0. The molecular weight excluding hydrogens is 284 g/mol. The highest BCUT2D eigenvalue weighted by molar-refractivity contribution is 7.15. The lowest BCUT2D eigenvalue weighted by Crippen LogP contribution is -2.42. The van der Waals surface area contributed by atoms with E-state index < -0.39 is 0 Å². The standard InChI is InChI=1S/C12H16N4OS.ClH/c13-9-2-1-3-15(7-9)8-10-6-11(17)16-4-5-18-12(16)14-10;/h4-6,9H,1-3,7-8,13H2;1H/t9-;/m1./s1. The van der Waals surface area contributed by atoms with Crippen LogP contribution in [0.4, 0.5) is 0 Å². The topological polar surface area (TPSA) is 63.6 Å². The summed E-state index contributed by atoms with van der Waals surface area (Å²) in [6, 6.07) is 1.88. The summed E-state index contributed by atoms with van der Waals surface area (Å²) in [7, 11) is 0. The molecule has 0 saturated carbocycles. The number of hydrogen-bond donors (Lipinski definition) is 1. The van der Waals surface area contributed by atoms with Crippen molar-refractivity contribution in [3.63, 3.8) is 0 Å². The first-order valence-electron chi connectivity index (χ1n) is 6.16. The molecule has 0 radical (unpaired) electrons. The molecule has 0 bridgehead atoms. The molecule has 1 aliphatic heterocycles. The van der Waals surface area contributed by atoms with Crippen LogP contribution in [-0.4, -0.2) is 33.4 Å². The van der Waals surface area contributed by atoms with Crippen LogP contribution in [0.25, 0.3) is 4.96 Å². The molecule has 0 spiro atoms. The molecule has 0 amide bonds. The lowest BCUT2D eigenvalue weighted by atomic mass is 10.1. The van der Waals surface area contributed by atoms with Gasteiger partial charge in [0.15, 0.2) is 4.96 Å². The van der Waals surface area contributed by atoms with Crippen LogP contribution in [-0.2, 0) is 6.54 Å². The molecule has 3 rings (SSSR count). The van der Waals surface area contributed by atoms with Crippen LogP contribution in [0.15, 0.2) is 22.4 Å². The lowest BCUT2D eigenvalue weighted by Gasteiger charge is -2.30. The third kappa shape index (κ3) is 3.14. The van der Waals surface area contributed by atoms with Gasteiger partial charge in [-0.25, -0.2) is 4.98 Å². The second-order valence-electron chi connectivity index (χ2n) is 4.78. The van der Waals surface area contributed by atoms with Crippen molar-refractivity contribution in [3.8, 4) is 0 Å². The first kappa shape index (κ1) is 14.5. The monoisotopic (exact) mass is 300 g/mol. The lowest BCUT2D eigenvalue weighted by molar-refractivity contribution is 0.199. The molecule has 2 N–H and O–H groups in total. The van der Waals surface area contributed by atoms with Crippen LogP contribution in [0.1, 0.15) is 18.5 Å². The quantitative estimate of drug-likeness (QED) is 0.902. The van der Waals surface area contributed by atoms with Crippen LogP contribution in [0.3, 0.4) is 0 Å². The van der Waals surface area contributed by atoms with Crippen molar-refractivity contribution in [2.24, 2.45) is 5.73 Å². The van der Waals surface area contributed by atoms with Gasteiger partial charge in [-0.3, -0.25) is 14.1 Å². The van der Waals surface area contributed by atoms with E-state index in [0.717, 1.165) is 43.1 Å². The van der Waals surface area contributed by atoms with Crippen LogP contribution in [0.5, 0.6) is 0 Å². The number of likely N-dealkylation sites (tertiary alicyclic amines) is 1. The van der Waals surface area contributed by atoms with Crippen LogP contribution < -0.4 is 11.3 Å². The number of nitrogens with two attached hydrogens (primary N) is 1. The van der Waals surface area contributed by atoms with E-state index in [9.17, 15) is 4.79 Å². The Labute approximate surface area is 121 Å². The van der Waals surface area contributed by atoms with Crippen molar-refractivity contribution >= 4 is 28.7 Å². The Kier molecular flexibility index (Phi) is 4.57. The summed E-state index contributed by atoms with van der Waals surface area (Å²) in [5, 5.41) is 1.88. The van der Waals surface area contributed by atoms with E-state index in [4.69, 9.17) is 5.73 Å². The zero-order valence-corrected chi connectivity index (χ0v) is 12.1. The molecule has 1 aliphatic rings. The maximum absolute atomic E-state index is 11.9. The molecule has 19 heavy (non-hydrogen) atoms. The van der Waals surface area contributed by atoms with Gasteiger partial charge in [0, 0.05) is 36.8 Å². The average molecular weight is 301 g/mol. The number of aromatic nitrogens is 2. The Hall–Kier alpha value is -0.950. The fraction of sp³-hybridized carbons (Fsp3) is 0.500. The number of fused-ring (bicyclic) bond motifs is 1. The number of halogens is 1.